The van der Waals surface area contributed by atoms with Gasteiger partial charge in [-0.3, -0.25) is 4.68 Å². The second-order valence-electron chi connectivity index (χ2n) is 6.07. The van der Waals surface area contributed by atoms with Crippen LogP contribution in [0.2, 0.25) is 0 Å². The molecule has 1 aliphatic carbocycles. The molecule has 0 aromatic carbocycles. The SMILES string of the molecule is Cc1nn(C)c(C)c1S(=O)(=O)NC1CCC2OCCOC2C1. The molecule has 0 amide bonds. The molecule has 1 N–H and O–H groups in total. The Bertz CT molecular complexity index is 655. The maximum absolute atomic E-state index is 12.7. The van der Waals surface area contributed by atoms with Crippen LogP contribution in [0.4, 0.5) is 0 Å². The number of hydrogen-bond donors (Lipinski definition) is 1. The van der Waals surface area contributed by atoms with E-state index in [1.165, 1.54) is 0 Å². The van der Waals surface area contributed by atoms with Gasteiger partial charge < -0.3 is 9.47 Å². The number of aryl methyl sites for hydroxylation is 2. The van der Waals surface area contributed by atoms with Crippen molar-refractivity contribution in [3.63, 3.8) is 0 Å². The second-order valence-corrected chi connectivity index (χ2v) is 7.72. The van der Waals surface area contributed by atoms with E-state index in [2.05, 4.69) is 9.82 Å². The molecule has 1 aromatic rings. The van der Waals surface area contributed by atoms with Crippen molar-refractivity contribution in [3.8, 4) is 0 Å². The van der Waals surface area contributed by atoms with Gasteiger partial charge in [-0.05, 0) is 33.1 Å². The van der Waals surface area contributed by atoms with Crippen molar-refractivity contribution >= 4 is 10.0 Å². The second kappa shape index (κ2) is 5.92. The van der Waals surface area contributed by atoms with Gasteiger partial charge in [-0.2, -0.15) is 5.10 Å². The molecule has 1 saturated carbocycles. The van der Waals surface area contributed by atoms with Gasteiger partial charge in [0.1, 0.15) is 4.90 Å². The van der Waals surface area contributed by atoms with Gasteiger partial charge in [0.25, 0.3) is 0 Å². The van der Waals surface area contributed by atoms with Gasteiger partial charge in [-0.1, -0.05) is 0 Å². The van der Waals surface area contributed by atoms with Gasteiger partial charge in [0.2, 0.25) is 10.0 Å². The summed E-state index contributed by atoms with van der Waals surface area (Å²) in [6, 6.07) is -0.119. The molecule has 3 rings (SSSR count). The quantitative estimate of drug-likeness (QED) is 0.880. The predicted octanol–water partition coefficient (Wildman–Crippen LogP) is 0.652. The van der Waals surface area contributed by atoms with E-state index < -0.39 is 10.0 Å². The normalized spacial score (nSPS) is 29.3. The standard InChI is InChI=1S/C14H23N3O4S/c1-9-14(10(2)17(3)15-9)22(18,19)16-11-4-5-12-13(8-11)21-7-6-20-12/h11-13,16H,4-8H2,1-3H3. The Hall–Kier alpha value is -0.960. The third kappa shape index (κ3) is 2.92. The van der Waals surface area contributed by atoms with Gasteiger partial charge in [0.15, 0.2) is 0 Å². The van der Waals surface area contributed by atoms with Crippen LogP contribution in [-0.4, -0.2) is 49.7 Å². The van der Waals surface area contributed by atoms with Gasteiger partial charge in [-0.15, -0.1) is 0 Å². The smallest absolute Gasteiger partial charge is 0.244 e. The predicted molar refractivity (Wildman–Crippen MR) is 80.1 cm³/mol. The summed E-state index contributed by atoms with van der Waals surface area (Å²) in [4.78, 5) is 0.290. The number of fused-ring (bicyclic) bond motifs is 1. The largest absolute Gasteiger partial charge is 0.373 e. The average molecular weight is 329 g/mol. The van der Waals surface area contributed by atoms with E-state index in [4.69, 9.17) is 9.47 Å². The molecule has 22 heavy (non-hydrogen) atoms. The van der Waals surface area contributed by atoms with Gasteiger partial charge in [-0.25, -0.2) is 13.1 Å². The van der Waals surface area contributed by atoms with Crippen molar-refractivity contribution in [2.45, 2.75) is 56.3 Å². The summed E-state index contributed by atoms with van der Waals surface area (Å²) in [5.74, 6) is 0. The van der Waals surface area contributed by atoms with Crippen LogP contribution in [0.5, 0.6) is 0 Å². The van der Waals surface area contributed by atoms with Crippen LogP contribution in [0.3, 0.4) is 0 Å². The molecule has 124 valence electrons. The maximum atomic E-state index is 12.7. The van der Waals surface area contributed by atoms with E-state index in [-0.39, 0.29) is 23.1 Å². The zero-order valence-corrected chi connectivity index (χ0v) is 14.0. The zero-order chi connectivity index (χ0) is 15.9. The van der Waals surface area contributed by atoms with Crippen LogP contribution in [-0.2, 0) is 26.5 Å². The van der Waals surface area contributed by atoms with Gasteiger partial charge >= 0.3 is 0 Å². The fourth-order valence-corrected chi connectivity index (χ4v) is 5.12. The molecule has 3 atom stereocenters. The topological polar surface area (TPSA) is 82.5 Å². The zero-order valence-electron chi connectivity index (χ0n) is 13.2. The monoisotopic (exact) mass is 329 g/mol. The molecule has 0 radical (unpaired) electrons. The molecule has 1 aromatic heterocycles. The van der Waals surface area contributed by atoms with Crippen molar-refractivity contribution in [1.82, 2.24) is 14.5 Å². The molecule has 8 heteroatoms. The Morgan fingerprint density at radius 2 is 1.86 bits per heavy atom. The first-order valence-corrected chi connectivity index (χ1v) is 9.12. The first-order chi connectivity index (χ1) is 10.4. The van der Waals surface area contributed by atoms with Gasteiger partial charge in [0.05, 0.1) is 36.8 Å². The molecule has 2 heterocycles. The summed E-state index contributed by atoms with van der Waals surface area (Å²) in [6.45, 7) is 4.70. The third-order valence-corrected chi connectivity index (χ3v) is 6.28. The lowest BCUT2D eigenvalue weighted by Crippen LogP contribution is -2.49. The minimum Gasteiger partial charge on any atom is -0.373 e. The summed E-state index contributed by atoms with van der Waals surface area (Å²) < 4.78 is 41.2. The van der Waals surface area contributed by atoms with Crippen LogP contribution < -0.4 is 4.72 Å². The fourth-order valence-electron chi connectivity index (χ4n) is 3.39. The third-order valence-electron chi connectivity index (χ3n) is 4.51. The minimum absolute atomic E-state index is 0.00806. The summed E-state index contributed by atoms with van der Waals surface area (Å²) in [6.07, 6.45) is 2.34. The maximum Gasteiger partial charge on any atom is 0.244 e. The summed E-state index contributed by atoms with van der Waals surface area (Å²) in [7, 11) is -1.82. The Kier molecular flexibility index (Phi) is 4.28. The van der Waals surface area contributed by atoms with E-state index in [9.17, 15) is 8.42 Å². The lowest BCUT2D eigenvalue weighted by atomic mass is 9.90. The molecular weight excluding hydrogens is 306 g/mol. The molecule has 0 spiro atoms. The summed E-state index contributed by atoms with van der Waals surface area (Å²) in [5, 5.41) is 4.19. The lowest BCUT2D eigenvalue weighted by molar-refractivity contribution is -0.156. The van der Waals surface area contributed by atoms with Gasteiger partial charge in [0, 0.05) is 13.1 Å². The van der Waals surface area contributed by atoms with Crippen LogP contribution in [0, 0.1) is 13.8 Å². The van der Waals surface area contributed by atoms with Crippen LogP contribution in [0.15, 0.2) is 4.90 Å². The Morgan fingerprint density at radius 3 is 2.50 bits per heavy atom. The number of ether oxygens (including phenoxy) is 2. The molecule has 1 aliphatic heterocycles. The molecule has 1 saturated heterocycles. The highest BCUT2D eigenvalue weighted by atomic mass is 32.2. The summed E-state index contributed by atoms with van der Waals surface area (Å²) in [5.41, 5.74) is 1.18. The van der Waals surface area contributed by atoms with Crippen molar-refractivity contribution in [2.24, 2.45) is 7.05 Å². The highest BCUT2D eigenvalue weighted by molar-refractivity contribution is 7.89. The molecule has 2 fully saturated rings. The van der Waals surface area contributed by atoms with Crippen molar-refractivity contribution in [2.75, 3.05) is 13.2 Å². The van der Waals surface area contributed by atoms with E-state index in [0.29, 0.717) is 31.0 Å². The Morgan fingerprint density at radius 1 is 1.18 bits per heavy atom. The number of aromatic nitrogens is 2. The average Bonchev–Trinajstić information content (AvgIpc) is 2.72. The van der Waals surface area contributed by atoms with Crippen molar-refractivity contribution < 1.29 is 17.9 Å². The van der Waals surface area contributed by atoms with E-state index in [1.54, 1.807) is 25.6 Å². The molecule has 2 aliphatic rings. The Balaban J connectivity index is 1.74. The fraction of sp³-hybridized carbons (Fsp3) is 0.786. The van der Waals surface area contributed by atoms with Crippen LogP contribution >= 0.6 is 0 Å². The molecular formula is C14H23N3O4S. The number of nitrogens with one attached hydrogen (secondary N) is 1. The lowest BCUT2D eigenvalue weighted by Gasteiger charge is -2.38. The van der Waals surface area contributed by atoms with Crippen molar-refractivity contribution in [3.05, 3.63) is 11.4 Å². The Labute approximate surface area is 131 Å². The van der Waals surface area contributed by atoms with Crippen molar-refractivity contribution in [1.29, 1.82) is 0 Å². The number of nitrogens with zero attached hydrogens (tertiary/aromatic N) is 2. The minimum atomic E-state index is -3.57. The molecule has 0 bridgehead atoms. The van der Waals surface area contributed by atoms with E-state index >= 15 is 0 Å². The highest BCUT2D eigenvalue weighted by Crippen LogP contribution is 2.28. The van der Waals surface area contributed by atoms with Crippen LogP contribution in [0.1, 0.15) is 30.7 Å². The first kappa shape index (κ1) is 15.9. The number of hydrogen-bond acceptors (Lipinski definition) is 5. The van der Waals surface area contributed by atoms with Crippen LogP contribution in [0.25, 0.3) is 0 Å². The summed E-state index contributed by atoms with van der Waals surface area (Å²) >= 11 is 0. The molecule has 3 unspecified atom stereocenters. The first-order valence-electron chi connectivity index (χ1n) is 7.64. The number of sulfonamides is 1. The highest BCUT2D eigenvalue weighted by Gasteiger charge is 2.36. The number of rotatable bonds is 3. The van der Waals surface area contributed by atoms with E-state index in [0.717, 1.165) is 12.8 Å². The van der Waals surface area contributed by atoms with E-state index in [1.807, 2.05) is 0 Å². The molecule has 7 nitrogen and oxygen atoms in total.